The smallest absolute Gasteiger partial charge is 0.279 e. The number of halogens is 1. The van der Waals surface area contributed by atoms with Gasteiger partial charge in [-0.3, -0.25) is 4.79 Å². The summed E-state index contributed by atoms with van der Waals surface area (Å²) in [6.07, 6.45) is 0.192. The van der Waals surface area contributed by atoms with Crippen LogP contribution in [0.2, 0.25) is 0 Å². The molecule has 112 valence electrons. The topological polar surface area (TPSA) is 52.9 Å². The molecule has 1 unspecified atom stereocenters. The Labute approximate surface area is 127 Å². The minimum absolute atomic E-state index is 0.115. The van der Waals surface area contributed by atoms with Crippen molar-refractivity contribution in [2.75, 3.05) is 0 Å². The van der Waals surface area contributed by atoms with Crippen molar-refractivity contribution in [2.45, 2.75) is 19.1 Å². The van der Waals surface area contributed by atoms with Crippen molar-refractivity contribution in [1.29, 1.82) is 0 Å². The first-order chi connectivity index (χ1) is 10.5. The lowest BCUT2D eigenvalue weighted by Crippen LogP contribution is -2.43. The summed E-state index contributed by atoms with van der Waals surface area (Å²) in [5, 5.41) is 16.1. The second-order valence-corrected chi connectivity index (χ2v) is 5.29. The first-order valence-corrected chi connectivity index (χ1v) is 6.93. The van der Waals surface area contributed by atoms with E-state index in [-0.39, 0.29) is 12.0 Å². The summed E-state index contributed by atoms with van der Waals surface area (Å²) < 4.78 is 13.9. The van der Waals surface area contributed by atoms with Crippen LogP contribution in [0.15, 0.2) is 59.7 Å². The minimum atomic E-state index is -1.59. The molecule has 2 aromatic carbocycles. The maximum absolute atomic E-state index is 13.9. The number of hydrogen-bond donors (Lipinski definition) is 1. The number of benzene rings is 2. The van der Waals surface area contributed by atoms with E-state index in [1.165, 1.54) is 18.2 Å². The van der Waals surface area contributed by atoms with Crippen LogP contribution in [-0.2, 0) is 5.72 Å². The third-order valence-corrected chi connectivity index (χ3v) is 3.66. The van der Waals surface area contributed by atoms with Crippen LogP contribution in [0.5, 0.6) is 0 Å². The van der Waals surface area contributed by atoms with Gasteiger partial charge in [0.25, 0.3) is 5.91 Å². The average Bonchev–Trinajstić information content (AvgIpc) is 2.84. The largest absolute Gasteiger partial charge is 0.365 e. The van der Waals surface area contributed by atoms with Gasteiger partial charge in [0.2, 0.25) is 0 Å². The van der Waals surface area contributed by atoms with Crippen LogP contribution in [0.3, 0.4) is 0 Å². The minimum Gasteiger partial charge on any atom is -0.365 e. The highest BCUT2D eigenvalue weighted by Gasteiger charge is 2.45. The molecule has 1 aliphatic heterocycles. The zero-order valence-electron chi connectivity index (χ0n) is 12.0. The van der Waals surface area contributed by atoms with Crippen LogP contribution < -0.4 is 0 Å². The van der Waals surface area contributed by atoms with E-state index in [1.54, 1.807) is 37.3 Å². The lowest BCUT2D eigenvalue weighted by atomic mass is 9.97. The van der Waals surface area contributed by atoms with Crippen molar-refractivity contribution in [2.24, 2.45) is 5.10 Å². The Morgan fingerprint density at radius 2 is 1.82 bits per heavy atom. The second kappa shape index (κ2) is 5.35. The van der Waals surface area contributed by atoms with E-state index in [1.807, 2.05) is 6.07 Å². The SMILES string of the molecule is CC1=NN(C(=O)c2ccccc2F)C(O)(c2ccccc2)C1. The molecule has 0 fully saturated rings. The fourth-order valence-corrected chi connectivity index (χ4v) is 2.61. The standard InChI is InChI=1S/C17H15FN2O2/c1-12-11-17(22,13-7-3-2-4-8-13)20(19-12)16(21)14-9-5-6-10-15(14)18/h2-10,22H,11H2,1H3. The Hall–Kier alpha value is -2.53. The molecule has 0 spiro atoms. The fraction of sp³-hybridized carbons (Fsp3) is 0.176. The van der Waals surface area contributed by atoms with Crippen LogP contribution in [0.25, 0.3) is 0 Å². The molecule has 0 radical (unpaired) electrons. The van der Waals surface area contributed by atoms with E-state index in [4.69, 9.17) is 0 Å². The number of rotatable bonds is 2. The summed E-state index contributed by atoms with van der Waals surface area (Å²) in [6, 6.07) is 14.5. The van der Waals surface area contributed by atoms with Crippen LogP contribution in [-0.4, -0.2) is 21.7 Å². The number of amides is 1. The van der Waals surface area contributed by atoms with Crippen LogP contribution >= 0.6 is 0 Å². The van der Waals surface area contributed by atoms with Gasteiger partial charge in [0.1, 0.15) is 5.82 Å². The maximum atomic E-state index is 13.9. The van der Waals surface area contributed by atoms with Gasteiger partial charge >= 0.3 is 0 Å². The molecule has 1 heterocycles. The van der Waals surface area contributed by atoms with E-state index in [0.29, 0.717) is 11.3 Å². The van der Waals surface area contributed by atoms with Crippen molar-refractivity contribution in [3.05, 3.63) is 71.5 Å². The summed E-state index contributed by atoms with van der Waals surface area (Å²) in [4.78, 5) is 12.6. The van der Waals surface area contributed by atoms with Gasteiger partial charge in [-0.1, -0.05) is 42.5 Å². The Kier molecular flexibility index (Phi) is 3.50. The predicted molar refractivity (Wildman–Crippen MR) is 80.6 cm³/mol. The Balaban J connectivity index is 2.04. The van der Waals surface area contributed by atoms with Crippen molar-refractivity contribution in [3.8, 4) is 0 Å². The van der Waals surface area contributed by atoms with Gasteiger partial charge in [0, 0.05) is 17.7 Å². The monoisotopic (exact) mass is 298 g/mol. The molecule has 0 aliphatic carbocycles. The molecule has 0 bridgehead atoms. The summed E-state index contributed by atoms with van der Waals surface area (Å²) in [6.45, 7) is 1.72. The van der Waals surface area contributed by atoms with Gasteiger partial charge in [-0.15, -0.1) is 0 Å². The van der Waals surface area contributed by atoms with Crippen molar-refractivity contribution < 1.29 is 14.3 Å². The molecule has 4 nitrogen and oxygen atoms in total. The Bertz CT molecular complexity index is 745. The molecule has 3 rings (SSSR count). The predicted octanol–water partition coefficient (Wildman–Crippen LogP) is 2.89. The van der Waals surface area contributed by atoms with Crippen molar-refractivity contribution in [3.63, 3.8) is 0 Å². The number of aliphatic hydroxyl groups is 1. The molecule has 0 aromatic heterocycles. The third kappa shape index (κ3) is 2.29. The van der Waals surface area contributed by atoms with Gasteiger partial charge in [0.05, 0.1) is 5.56 Å². The molecule has 2 aromatic rings. The van der Waals surface area contributed by atoms with E-state index < -0.39 is 17.4 Å². The molecular formula is C17H15FN2O2. The maximum Gasteiger partial charge on any atom is 0.279 e. The van der Waals surface area contributed by atoms with Gasteiger partial charge < -0.3 is 5.11 Å². The molecule has 1 aliphatic rings. The molecule has 0 saturated heterocycles. The van der Waals surface area contributed by atoms with Crippen molar-refractivity contribution >= 4 is 11.6 Å². The van der Waals surface area contributed by atoms with Gasteiger partial charge in [0.15, 0.2) is 5.72 Å². The zero-order valence-corrected chi connectivity index (χ0v) is 12.0. The van der Waals surface area contributed by atoms with Gasteiger partial charge in [-0.2, -0.15) is 10.1 Å². The Morgan fingerprint density at radius 1 is 1.18 bits per heavy atom. The third-order valence-electron chi connectivity index (χ3n) is 3.66. The second-order valence-electron chi connectivity index (χ2n) is 5.29. The van der Waals surface area contributed by atoms with Crippen LogP contribution in [0.4, 0.5) is 4.39 Å². The number of hydrogen-bond acceptors (Lipinski definition) is 3. The normalized spacial score (nSPS) is 20.9. The van der Waals surface area contributed by atoms with E-state index in [2.05, 4.69) is 5.10 Å². The molecular weight excluding hydrogens is 283 g/mol. The number of carbonyl (C=O) groups excluding carboxylic acids is 1. The number of nitrogens with zero attached hydrogens (tertiary/aromatic N) is 2. The first-order valence-electron chi connectivity index (χ1n) is 6.93. The lowest BCUT2D eigenvalue weighted by molar-refractivity contribution is -0.0766. The quantitative estimate of drug-likeness (QED) is 0.927. The summed E-state index contributed by atoms with van der Waals surface area (Å²) in [5.74, 6) is -1.30. The first kappa shape index (κ1) is 14.4. The molecule has 1 amide bonds. The number of carbonyl (C=O) groups is 1. The molecule has 5 heteroatoms. The van der Waals surface area contributed by atoms with E-state index in [9.17, 15) is 14.3 Å². The molecule has 22 heavy (non-hydrogen) atoms. The molecule has 1 atom stereocenters. The van der Waals surface area contributed by atoms with E-state index >= 15 is 0 Å². The van der Waals surface area contributed by atoms with Crippen LogP contribution in [0, 0.1) is 5.82 Å². The lowest BCUT2D eigenvalue weighted by Gasteiger charge is -2.31. The molecule has 1 N–H and O–H groups in total. The van der Waals surface area contributed by atoms with Crippen LogP contribution in [0.1, 0.15) is 29.3 Å². The van der Waals surface area contributed by atoms with E-state index in [0.717, 1.165) is 5.01 Å². The highest BCUT2D eigenvalue weighted by atomic mass is 19.1. The average molecular weight is 298 g/mol. The summed E-state index contributed by atoms with van der Waals surface area (Å²) in [5.41, 5.74) is -0.559. The summed E-state index contributed by atoms with van der Waals surface area (Å²) in [7, 11) is 0. The zero-order chi connectivity index (χ0) is 15.7. The van der Waals surface area contributed by atoms with Crippen molar-refractivity contribution in [1.82, 2.24) is 5.01 Å². The number of hydrazone groups is 1. The molecule has 0 saturated carbocycles. The van der Waals surface area contributed by atoms with Gasteiger partial charge in [-0.05, 0) is 19.1 Å². The van der Waals surface area contributed by atoms with Gasteiger partial charge in [-0.25, -0.2) is 4.39 Å². The highest BCUT2D eigenvalue weighted by molar-refractivity contribution is 5.98. The fourth-order valence-electron chi connectivity index (χ4n) is 2.61. The Morgan fingerprint density at radius 3 is 2.50 bits per heavy atom. The highest BCUT2D eigenvalue weighted by Crippen LogP contribution is 2.36. The summed E-state index contributed by atoms with van der Waals surface area (Å²) >= 11 is 0.